The number of halogens is 1. The Labute approximate surface area is 200 Å². The second-order valence-electron chi connectivity index (χ2n) is 8.92. The maximum Gasteiger partial charge on any atom is 0.326 e. The lowest BCUT2D eigenvalue weighted by Crippen LogP contribution is -2.38. The Kier molecular flexibility index (Phi) is 6.24. The van der Waals surface area contributed by atoms with Crippen molar-refractivity contribution < 1.29 is 4.79 Å². The van der Waals surface area contributed by atoms with Gasteiger partial charge in [0.05, 0.1) is 21.9 Å². The molecule has 0 aliphatic heterocycles. The zero-order valence-electron chi connectivity index (χ0n) is 18.6. The number of nitrogens with zero attached hydrogens (tertiary/aromatic N) is 2. The molecular formula is C25H26ClN5O3. The van der Waals surface area contributed by atoms with Crippen LogP contribution in [0.2, 0.25) is 5.02 Å². The van der Waals surface area contributed by atoms with Crippen molar-refractivity contribution in [3.05, 3.63) is 74.1 Å². The van der Waals surface area contributed by atoms with Gasteiger partial charge >= 0.3 is 5.69 Å². The van der Waals surface area contributed by atoms with Crippen molar-refractivity contribution in [2.24, 2.45) is 0 Å². The number of aromatic nitrogens is 4. The molecule has 0 spiro atoms. The first-order valence-corrected chi connectivity index (χ1v) is 12.0. The summed E-state index contributed by atoms with van der Waals surface area (Å²) in [7, 11) is 0. The van der Waals surface area contributed by atoms with Gasteiger partial charge in [-0.05, 0) is 62.4 Å². The first-order chi connectivity index (χ1) is 16.5. The third kappa shape index (κ3) is 4.63. The fourth-order valence-electron chi connectivity index (χ4n) is 4.91. The van der Waals surface area contributed by atoms with E-state index in [-0.39, 0.29) is 29.2 Å². The average Bonchev–Trinajstić information content (AvgIpc) is 3.14. The summed E-state index contributed by atoms with van der Waals surface area (Å²) in [6.45, 7) is 0. The largest absolute Gasteiger partial charge is 0.353 e. The van der Waals surface area contributed by atoms with Crippen LogP contribution in [0.4, 0.5) is 0 Å². The van der Waals surface area contributed by atoms with Crippen LogP contribution < -0.4 is 16.6 Å². The molecule has 2 aromatic heterocycles. The number of carbonyl (C=O) groups is 1. The third-order valence-corrected chi connectivity index (χ3v) is 6.82. The summed E-state index contributed by atoms with van der Waals surface area (Å²) in [6.07, 6.45) is 4.80. The van der Waals surface area contributed by atoms with E-state index in [9.17, 15) is 14.4 Å². The number of benzene rings is 2. The van der Waals surface area contributed by atoms with Crippen LogP contribution in [0.5, 0.6) is 0 Å². The minimum atomic E-state index is -0.154. The van der Waals surface area contributed by atoms with Crippen LogP contribution in [0.1, 0.15) is 50.4 Å². The second-order valence-corrected chi connectivity index (χ2v) is 9.35. The molecule has 0 radical (unpaired) electrons. The highest BCUT2D eigenvalue weighted by atomic mass is 35.5. The van der Waals surface area contributed by atoms with Crippen molar-refractivity contribution in [1.82, 2.24) is 24.8 Å². The lowest BCUT2D eigenvalue weighted by atomic mass is 9.90. The van der Waals surface area contributed by atoms with Crippen LogP contribution in [-0.4, -0.2) is 31.5 Å². The van der Waals surface area contributed by atoms with E-state index in [4.69, 9.17) is 11.6 Å². The molecule has 2 heterocycles. The molecular weight excluding hydrogens is 454 g/mol. The highest BCUT2D eigenvalue weighted by Gasteiger charge is 2.25. The molecule has 9 heteroatoms. The molecule has 1 aliphatic rings. The zero-order valence-corrected chi connectivity index (χ0v) is 19.4. The predicted molar refractivity (Wildman–Crippen MR) is 132 cm³/mol. The molecule has 0 bridgehead atoms. The quantitative estimate of drug-likeness (QED) is 0.390. The van der Waals surface area contributed by atoms with Crippen molar-refractivity contribution in [3.63, 3.8) is 0 Å². The van der Waals surface area contributed by atoms with E-state index in [1.807, 2.05) is 28.8 Å². The maximum absolute atomic E-state index is 12.5. The number of fused-ring (bicyclic) bond motifs is 2. The molecule has 5 rings (SSSR count). The highest BCUT2D eigenvalue weighted by molar-refractivity contribution is 6.31. The van der Waals surface area contributed by atoms with Gasteiger partial charge in [0, 0.05) is 29.9 Å². The van der Waals surface area contributed by atoms with Crippen LogP contribution in [0.15, 0.2) is 52.1 Å². The van der Waals surface area contributed by atoms with E-state index >= 15 is 0 Å². The van der Waals surface area contributed by atoms with Gasteiger partial charge in [0.25, 0.3) is 5.56 Å². The van der Waals surface area contributed by atoms with Crippen LogP contribution in [0.3, 0.4) is 0 Å². The van der Waals surface area contributed by atoms with E-state index in [0.717, 1.165) is 36.7 Å². The van der Waals surface area contributed by atoms with Crippen molar-refractivity contribution in [2.75, 3.05) is 0 Å². The Bertz CT molecular complexity index is 1460. The molecule has 2 aromatic carbocycles. The van der Waals surface area contributed by atoms with Gasteiger partial charge in [-0.25, -0.2) is 9.78 Å². The van der Waals surface area contributed by atoms with Crippen LogP contribution in [0, 0.1) is 0 Å². The molecule has 0 saturated heterocycles. The number of amides is 1. The monoisotopic (exact) mass is 479 g/mol. The summed E-state index contributed by atoms with van der Waals surface area (Å²) in [5.74, 6) is 0.605. The summed E-state index contributed by atoms with van der Waals surface area (Å²) in [5.41, 5.74) is 2.00. The number of H-pyrrole nitrogens is 2. The predicted octanol–water partition coefficient (Wildman–Crippen LogP) is 3.84. The normalized spacial score (nSPS) is 18.4. The van der Waals surface area contributed by atoms with E-state index in [2.05, 4.69) is 20.3 Å². The average molecular weight is 480 g/mol. The summed E-state index contributed by atoms with van der Waals surface area (Å²) < 4.78 is 1.82. The number of hydrogen-bond donors (Lipinski definition) is 3. The third-order valence-electron chi connectivity index (χ3n) is 6.58. The fourth-order valence-corrected chi connectivity index (χ4v) is 5.09. The number of para-hydroxylation sites is 1. The molecule has 0 atom stereocenters. The molecule has 1 amide bonds. The number of imidazole rings is 1. The summed E-state index contributed by atoms with van der Waals surface area (Å²) >= 11 is 6.04. The Morgan fingerprint density at radius 1 is 1.09 bits per heavy atom. The van der Waals surface area contributed by atoms with Gasteiger partial charge in [0.1, 0.15) is 5.82 Å². The lowest BCUT2D eigenvalue weighted by molar-refractivity contribution is -0.122. The molecule has 1 saturated carbocycles. The van der Waals surface area contributed by atoms with E-state index in [1.54, 1.807) is 18.2 Å². The Hall–Kier alpha value is -3.39. The molecule has 34 heavy (non-hydrogen) atoms. The number of rotatable bonds is 6. The zero-order chi connectivity index (χ0) is 23.7. The van der Waals surface area contributed by atoms with E-state index < -0.39 is 0 Å². The number of nitrogens with one attached hydrogen (secondary N) is 3. The summed E-state index contributed by atoms with van der Waals surface area (Å²) in [5, 5.41) is 4.29. The first kappa shape index (κ1) is 22.4. The second kappa shape index (κ2) is 9.46. The van der Waals surface area contributed by atoms with Gasteiger partial charge in [-0.2, -0.15) is 0 Å². The molecule has 4 aromatic rings. The smallest absolute Gasteiger partial charge is 0.326 e. The van der Waals surface area contributed by atoms with Gasteiger partial charge in [-0.15, -0.1) is 0 Å². The van der Waals surface area contributed by atoms with Gasteiger partial charge in [0.2, 0.25) is 5.91 Å². The Balaban J connectivity index is 1.12. The van der Waals surface area contributed by atoms with Crippen molar-refractivity contribution in [2.45, 2.75) is 57.0 Å². The van der Waals surface area contributed by atoms with Crippen LogP contribution in [0.25, 0.3) is 21.9 Å². The van der Waals surface area contributed by atoms with E-state index in [1.165, 1.54) is 0 Å². The SMILES string of the molecule is O=C(CCCc1nc2ccccc2c(=O)[nH]1)NC1CCC(n2c(=O)[nH]c3cc(Cl)ccc32)CC1. The van der Waals surface area contributed by atoms with Crippen LogP contribution in [-0.2, 0) is 11.2 Å². The summed E-state index contributed by atoms with van der Waals surface area (Å²) in [6, 6.07) is 12.9. The number of hydrogen-bond acceptors (Lipinski definition) is 4. The van der Waals surface area contributed by atoms with Gasteiger partial charge in [-0.3, -0.25) is 14.2 Å². The topological polar surface area (TPSA) is 113 Å². The molecule has 0 unspecified atom stereocenters. The Morgan fingerprint density at radius 3 is 2.71 bits per heavy atom. The van der Waals surface area contributed by atoms with E-state index in [0.29, 0.717) is 41.0 Å². The van der Waals surface area contributed by atoms with Crippen LogP contribution >= 0.6 is 11.6 Å². The number of aryl methyl sites for hydroxylation is 1. The van der Waals surface area contributed by atoms with Crippen molar-refractivity contribution in [1.29, 1.82) is 0 Å². The number of aromatic amines is 2. The van der Waals surface area contributed by atoms with Gasteiger partial charge in [0.15, 0.2) is 0 Å². The van der Waals surface area contributed by atoms with Crippen molar-refractivity contribution >= 4 is 39.4 Å². The minimum absolute atomic E-state index is 0.00508. The molecule has 1 fully saturated rings. The summed E-state index contributed by atoms with van der Waals surface area (Å²) in [4.78, 5) is 47.3. The number of carbonyl (C=O) groups excluding carboxylic acids is 1. The standard InChI is InChI=1S/C25H26ClN5O3/c26-15-8-13-21-20(14-15)29-25(34)31(21)17-11-9-16(10-12-17)27-23(32)7-3-6-22-28-19-5-2-1-4-18(19)24(33)30-22/h1-2,4-5,8,13-14,16-17H,3,6-7,9-12H2,(H,27,32)(H,29,34)(H,28,30,33). The molecule has 8 nitrogen and oxygen atoms in total. The van der Waals surface area contributed by atoms with Gasteiger partial charge < -0.3 is 15.3 Å². The minimum Gasteiger partial charge on any atom is -0.353 e. The first-order valence-electron chi connectivity index (χ1n) is 11.6. The Morgan fingerprint density at radius 2 is 1.88 bits per heavy atom. The maximum atomic E-state index is 12.5. The highest BCUT2D eigenvalue weighted by Crippen LogP contribution is 2.30. The fraction of sp³-hybridized carbons (Fsp3) is 0.360. The van der Waals surface area contributed by atoms with Crippen molar-refractivity contribution in [3.8, 4) is 0 Å². The van der Waals surface area contributed by atoms with Gasteiger partial charge in [-0.1, -0.05) is 23.7 Å². The molecule has 1 aliphatic carbocycles. The molecule has 176 valence electrons. The lowest BCUT2D eigenvalue weighted by Gasteiger charge is -2.30. The molecule has 3 N–H and O–H groups in total.